The monoisotopic (exact) mass is 293 g/mol. The van der Waals surface area contributed by atoms with Gasteiger partial charge in [-0.2, -0.15) is 5.10 Å². The van der Waals surface area contributed by atoms with E-state index in [0.29, 0.717) is 19.5 Å². The molecule has 7 nitrogen and oxygen atoms in total. The zero-order valence-electron chi connectivity index (χ0n) is 12.0. The first-order valence-corrected chi connectivity index (χ1v) is 7.03. The Bertz CT molecular complexity index is 596. The fourth-order valence-corrected chi connectivity index (χ4v) is 2.59. The van der Waals surface area contributed by atoms with Gasteiger partial charge in [0.15, 0.2) is 0 Å². The highest BCUT2D eigenvalue weighted by Crippen LogP contribution is 2.22. The van der Waals surface area contributed by atoms with Crippen molar-refractivity contribution in [2.24, 2.45) is 13.0 Å². The van der Waals surface area contributed by atoms with Crippen molar-refractivity contribution in [1.82, 2.24) is 14.7 Å². The molecule has 0 bridgehead atoms. The summed E-state index contributed by atoms with van der Waals surface area (Å²) in [5.41, 5.74) is -0.0134. The van der Waals surface area contributed by atoms with Gasteiger partial charge in [-0.25, -0.2) is 4.68 Å². The molecule has 1 saturated heterocycles. The number of piperidine rings is 1. The molecule has 1 amide bonds. The molecule has 114 valence electrons. The van der Waals surface area contributed by atoms with Crippen molar-refractivity contribution in [3.8, 4) is 0 Å². The van der Waals surface area contributed by atoms with Crippen molar-refractivity contribution >= 4 is 11.9 Å². The van der Waals surface area contributed by atoms with Gasteiger partial charge in [0.2, 0.25) is 0 Å². The average molecular weight is 293 g/mol. The number of carbonyl (C=O) groups is 2. The van der Waals surface area contributed by atoms with Crippen molar-refractivity contribution in [2.75, 3.05) is 13.1 Å². The van der Waals surface area contributed by atoms with Crippen LogP contribution >= 0.6 is 0 Å². The normalized spacial score (nSPS) is 18.5. The van der Waals surface area contributed by atoms with Crippen LogP contribution in [0.2, 0.25) is 0 Å². The molecule has 2 rings (SSSR count). The minimum Gasteiger partial charge on any atom is -0.481 e. The summed E-state index contributed by atoms with van der Waals surface area (Å²) in [5.74, 6) is -0.796. The van der Waals surface area contributed by atoms with E-state index in [1.165, 1.54) is 19.2 Å². The van der Waals surface area contributed by atoms with Crippen LogP contribution in [0.4, 0.5) is 0 Å². The van der Waals surface area contributed by atoms with E-state index in [1.54, 1.807) is 4.90 Å². The third kappa shape index (κ3) is 3.90. The third-order valence-corrected chi connectivity index (χ3v) is 3.75. The van der Waals surface area contributed by atoms with Crippen LogP contribution in [0.5, 0.6) is 0 Å². The molecule has 1 N–H and O–H groups in total. The summed E-state index contributed by atoms with van der Waals surface area (Å²) in [6, 6.07) is 2.76. The van der Waals surface area contributed by atoms with Crippen molar-refractivity contribution in [3.05, 3.63) is 28.2 Å². The summed E-state index contributed by atoms with van der Waals surface area (Å²) >= 11 is 0. The van der Waals surface area contributed by atoms with E-state index in [-0.39, 0.29) is 29.5 Å². The largest absolute Gasteiger partial charge is 0.481 e. The number of aromatic nitrogens is 2. The lowest BCUT2D eigenvalue weighted by molar-refractivity contribution is -0.137. The second kappa shape index (κ2) is 6.51. The fourth-order valence-electron chi connectivity index (χ4n) is 2.59. The molecule has 2 heterocycles. The molecule has 1 aromatic heterocycles. The number of nitrogens with zero attached hydrogens (tertiary/aromatic N) is 3. The van der Waals surface area contributed by atoms with Crippen molar-refractivity contribution in [2.45, 2.75) is 25.7 Å². The van der Waals surface area contributed by atoms with Crippen molar-refractivity contribution < 1.29 is 14.7 Å². The van der Waals surface area contributed by atoms with Gasteiger partial charge >= 0.3 is 5.97 Å². The standard InChI is InChI=1S/C14H19N3O4/c1-16-12(18)6-5-11(15-16)14(21)17-8-2-3-10(9-17)4-7-13(19)20/h5-6,10H,2-4,7-9H2,1H3,(H,19,20). The maximum absolute atomic E-state index is 12.4. The Balaban J connectivity index is 2.02. The molecule has 1 aliphatic heterocycles. The van der Waals surface area contributed by atoms with Gasteiger partial charge in [-0.05, 0) is 31.2 Å². The van der Waals surface area contributed by atoms with Crippen LogP contribution in [-0.4, -0.2) is 44.8 Å². The lowest BCUT2D eigenvalue weighted by Gasteiger charge is -2.32. The highest BCUT2D eigenvalue weighted by Gasteiger charge is 2.25. The minimum absolute atomic E-state index is 0.130. The van der Waals surface area contributed by atoms with Crippen LogP contribution in [0.15, 0.2) is 16.9 Å². The summed E-state index contributed by atoms with van der Waals surface area (Å²) in [6.45, 7) is 1.20. The lowest BCUT2D eigenvalue weighted by atomic mass is 9.93. The molecule has 21 heavy (non-hydrogen) atoms. The molecule has 7 heteroatoms. The third-order valence-electron chi connectivity index (χ3n) is 3.75. The zero-order chi connectivity index (χ0) is 15.4. The van der Waals surface area contributed by atoms with E-state index in [0.717, 1.165) is 17.5 Å². The number of aliphatic carboxylic acids is 1. The number of carboxylic acids is 1. The van der Waals surface area contributed by atoms with Gasteiger partial charge in [-0.3, -0.25) is 14.4 Å². The summed E-state index contributed by atoms with van der Waals surface area (Å²) in [4.78, 5) is 36.0. The Morgan fingerprint density at radius 3 is 2.86 bits per heavy atom. The smallest absolute Gasteiger partial charge is 0.303 e. The fraction of sp³-hybridized carbons (Fsp3) is 0.571. The summed E-state index contributed by atoms with van der Waals surface area (Å²) < 4.78 is 1.14. The first-order valence-electron chi connectivity index (χ1n) is 7.03. The van der Waals surface area contributed by atoms with Crippen LogP contribution < -0.4 is 5.56 Å². The van der Waals surface area contributed by atoms with E-state index in [1.807, 2.05) is 0 Å². The average Bonchev–Trinajstić information content (AvgIpc) is 2.47. The van der Waals surface area contributed by atoms with Crippen molar-refractivity contribution in [3.63, 3.8) is 0 Å². The van der Waals surface area contributed by atoms with Gasteiger partial charge in [0.25, 0.3) is 11.5 Å². The van der Waals surface area contributed by atoms with E-state index >= 15 is 0 Å². The van der Waals surface area contributed by atoms with Gasteiger partial charge in [0, 0.05) is 32.6 Å². The topological polar surface area (TPSA) is 92.5 Å². The number of rotatable bonds is 4. The highest BCUT2D eigenvalue weighted by atomic mass is 16.4. The number of amides is 1. The van der Waals surface area contributed by atoms with E-state index in [2.05, 4.69) is 5.10 Å². The van der Waals surface area contributed by atoms with Crippen LogP contribution in [0.25, 0.3) is 0 Å². The highest BCUT2D eigenvalue weighted by molar-refractivity contribution is 5.92. The molecule has 0 aromatic carbocycles. The summed E-state index contributed by atoms with van der Waals surface area (Å²) in [7, 11) is 1.50. The molecule has 1 unspecified atom stereocenters. The number of aryl methyl sites for hydroxylation is 1. The zero-order valence-corrected chi connectivity index (χ0v) is 12.0. The van der Waals surface area contributed by atoms with Gasteiger partial charge in [0.1, 0.15) is 5.69 Å². The molecule has 0 spiro atoms. The second-order valence-corrected chi connectivity index (χ2v) is 5.37. The number of carboxylic acid groups (broad SMARTS) is 1. The quantitative estimate of drug-likeness (QED) is 0.872. The van der Waals surface area contributed by atoms with E-state index in [4.69, 9.17) is 5.11 Å². The minimum atomic E-state index is -0.807. The second-order valence-electron chi connectivity index (χ2n) is 5.37. The predicted octanol–water partition coefficient (Wildman–Crippen LogP) is 0.497. The molecule has 0 aliphatic carbocycles. The van der Waals surface area contributed by atoms with Gasteiger partial charge < -0.3 is 10.0 Å². The molecule has 0 radical (unpaired) electrons. The molecule has 1 atom stereocenters. The van der Waals surface area contributed by atoms with Gasteiger partial charge in [0.05, 0.1) is 0 Å². The Hall–Kier alpha value is -2.18. The van der Waals surface area contributed by atoms with Gasteiger partial charge in [-0.15, -0.1) is 0 Å². The SMILES string of the molecule is Cn1nc(C(=O)N2CCCC(CCC(=O)O)C2)ccc1=O. The predicted molar refractivity (Wildman–Crippen MR) is 75.0 cm³/mol. The molecule has 1 fully saturated rings. The van der Waals surface area contributed by atoms with Crippen LogP contribution in [0.3, 0.4) is 0 Å². The van der Waals surface area contributed by atoms with Crippen LogP contribution in [-0.2, 0) is 11.8 Å². The molecular formula is C14H19N3O4. The Kier molecular flexibility index (Phi) is 4.72. The number of hydrogen-bond acceptors (Lipinski definition) is 4. The number of hydrogen-bond donors (Lipinski definition) is 1. The number of likely N-dealkylation sites (tertiary alicyclic amines) is 1. The first-order chi connectivity index (χ1) is 9.97. The molecular weight excluding hydrogens is 274 g/mol. The Morgan fingerprint density at radius 2 is 2.19 bits per heavy atom. The number of carbonyl (C=O) groups excluding carboxylic acids is 1. The molecule has 0 saturated carbocycles. The molecule has 1 aliphatic rings. The van der Waals surface area contributed by atoms with E-state index in [9.17, 15) is 14.4 Å². The Labute approximate surface area is 122 Å². The first kappa shape index (κ1) is 15.2. The van der Waals surface area contributed by atoms with Crippen molar-refractivity contribution in [1.29, 1.82) is 0 Å². The van der Waals surface area contributed by atoms with E-state index < -0.39 is 5.97 Å². The maximum atomic E-state index is 12.4. The maximum Gasteiger partial charge on any atom is 0.303 e. The van der Waals surface area contributed by atoms with Crippen LogP contribution in [0.1, 0.15) is 36.2 Å². The summed E-state index contributed by atoms with van der Waals surface area (Å²) in [6.07, 6.45) is 2.52. The molecule has 1 aromatic rings. The van der Waals surface area contributed by atoms with Crippen LogP contribution in [0, 0.1) is 5.92 Å². The van der Waals surface area contributed by atoms with Gasteiger partial charge in [-0.1, -0.05) is 0 Å². The summed E-state index contributed by atoms with van der Waals surface area (Å²) in [5, 5.41) is 12.7. The lowest BCUT2D eigenvalue weighted by Crippen LogP contribution is -2.41. The Morgan fingerprint density at radius 1 is 1.43 bits per heavy atom.